The molecule has 4 heteroatoms. The van der Waals surface area contributed by atoms with Crippen LogP contribution in [0.5, 0.6) is 0 Å². The SMILES string of the molecule is COCCNc1cc(N)c(C)cc1C=N. The van der Waals surface area contributed by atoms with Gasteiger partial charge in [0.2, 0.25) is 0 Å². The van der Waals surface area contributed by atoms with Gasteiger partial charge in [-0.15, -0.1) is 0 Å². The Kier molecular flexibility index (Phi) is 4.12. The molecule has 1 rings (SSSR count). The van der Waals surface area contributed by atoms with E-state index in [1.165, 1.54) is 6.21 Å². The fourth-order valence-electron chi connectivity index (χ4n) is 1.31. The van der Waals surface area contributed by atoms with Gasteiger partial charge in [0, 0.05) is 36.8 Å². The highest BCUT2D eigenvalue weighted by Gasteiger charge is 2.03. The number of benzene rings is 1. The van der Waals surface area contributed by atoms with E-state index >= 15 is 0 Å². The van der Waals surface area contributed by atoms with E-state index in [4.69, 9.17) is 15.9 Å². The molecular formula is C11H17N3O. The molecule has 0 spiro atoms. The fraction of sp³-hybridized carbons (Fsp3) is 0.364. The van der Waals surface area contributed by atoms with Gasteiger partial charge in [-0.1, -0.05) is 0 Å². The van der Waals surface area contributed by atoms with Crippen molar-refractivity contribution in [2.24, 2.45) is 0 Å². The van der Waals surface area contributed by atoms with Gasteiger partial charge >= 0.3 is 0 Å². The molecule has 0 unspecified atom stereocenters. The van der Waals surface area contributed by atoms with Crippen LogP contribution in [0.15, 0.2) is 12.1 Å². The summed E-state index contributed by atoms with van der Waals surface area (Å²) >= 11 is 0. The van der Waals surface area contributed by atoms with Crippen LogP contribution in [-0.2, 0) is 4.74 Å². The Hall–Kier alpha value is -1.55. The lowest BCUT2D eigenvalue weighted by Crippen LogP contribution is -2.10. The molecule has 4 N–H and O–H groups in total. The topological polar surface area (TPSA) is 71.1 Å². The van der Waals surface area contributed by atoms with Crippen molar-refractivity contribution in [2.75, 3.05) is 31.3 Å². The second-order valence-corrected chi connectivity index (χ2v) is 3.36. The first-order valence-electron chi connectivity index (χ1n) is 4.82. The van der Waals surface area contributed by atoms with Crippen molar-refractivity contribution in [3.63, 3.8) is 0 Å². The molecule has 0 aromatic heterocycles. The minimum atomic E-state index is 0.630. The molecule has 0 saturated heterocycles. The molecule has 0 amide bonds. The third kappa shape index (κ3) is 2.95. The van der Waals surface area contributed by atoms with Crippen molar-refractivity contribution in [1.82, 2.24) is 0 Å². The highest BCUT2D eigenvalue weighted by Crippen LogP contribution is 2.21. The van der Waals surface area contributed by atoms with Crippen LogP contribution in [0.25, 0.3) is 0 Å². The van der Waals surface area contributed by atoms with Crippen LogP contribution in [0.3, 0.4) is 0 Å². The first-order valence-corrected chi connectivity index (χ1v) is 4.82. The van der Waals surface area contributed by atoms with Crippen LogP contribution >= 0.6 is 0 Å². The minimum absolute atomic E-state index is 0.630. The molecule has 0 fully saturated rings. The number of ether oxygens (including phenoxy) is 1. The van der Waals surface area contributed by atoms with Crippen LogP contribution in [-0.4, -0.2) is 26.5 Å². The third-order valence-electron chi connectivity index (χ3n) is 2.22. The van der Waals surface area contributed by atoms with E-state index < -0.39 is 0 Å². The zero-order valence-electron chi connectivity index (χ0n) is 9.13. The second-order valence-electron chi connectivity index (χ2n) is 3.36. The van der Waals surface area contributed by atoms with E-state index in [2.05, 4.69) is 5.32 Å². The van der Waals surface area contributed by atoms with Gasteiger partial charge in [-0.2, -0.15) is 0 Å². The molecule has 0 heterocycles. The number of aryl methyl sites for hydroxylation is 1. The molecule has 1 aromatic carbocycles. The first-order chi connectivity index (χ1) is 7.19. The maximum Gasteiger partial charge on any atom is 0.0635 e. The lowest BCUT2D eigenvalue weighted by Gasteiger charge is -2.11. The van der Waals surface area contributed by atoms with E-state index in [9.17, 15) is 0 Å². The van der Waals surface area contributed by atoms with Crippen molar-refractivity contribution >= 4 is 17.6 Å². The molecule has 0 atom stereocenters. The molecule has 0 aliphatic rings. The minimum Gasteiger partial charge on any atom is -0.398 e. The van der Waals surface area contributed by atoms with Gasteiger partial charge < -0.3 is 21.2 Å². The molecule has 0 radical (unpaired) electrons. The molecule has 4 nitrogen and oxygen atoms in total. The maximum absolute atomic E-state index is 7.29. The van der Waals surface area contributed by atoms with Crippen molar-refractivity contribution < 1.29 is 4.74 Å². The van der Waals surface area contributed by atoms with Crippen LogP contribution in [0.4, 0.5) is 11.4 Å². The number of nitrogens with one attached hydrogen (secondary N) is 2. The Balaban J connectivity index is 2.85. The van der Waals surface area contributed by atoms with E-state index in [1.54, 1.807) is 7.11 Å². The van der Waals surface area contributed by atoms with Crippen molar-refractivity contribution in [1.29, 1.82) is 5.41 Å². The summed E-state index contributed by atoms with van der Waals surface area (Å²) in [5.41, 5.74) is 9.26. The molecule has 0 aliphatic carbocycles. The van der Waals surface area contributed by atoms with Gasteiger partial charge in [-0.05, 0) is 24.6 Å². The van der Waals surface area contributed by atoms with E-state index in [0.717, 1.165) is 22.5 Å². The lowest BCUT2D eigenvalue weighted by molar-refractivity contribution is 0.211. The summed E-state index contributed by atoms with van der Waals surface area (Å²) < 4.78 is 4.94. The number of hydrogen-bond acceptors (Lipinski definition) is 4. The summed E-state index contributed by atoms with van der Waals surface area (Å²) in [4.78, 5) is 0. The summed E-state index contributed by atoms with van der Waals surface area (Å²) in [6.07, 6.45) is 1.32. The van der Waals surface area contributed by atoms with E-state index in [0.29, 0.717) is 13.2 Å². The molecule has 0 aliphatic heterocycles. The predicted molar refractivity (Wildman–Crippen MR) is 63.8 cm³/mol. The van der Waals surface area contributed by atoms with Gasteiger partial charge in [0.15, 0.2) is 0 Å². The van der Waals surface area contributed by atoms with Crippen LogP contribution in [0, 0.1) is 12.3 Å². The Morgan fingerprint density at radius 2 is 2.27 bits per heavy atom. The zero-order valence-corrected chi connectivity index (χ0v) is 9.13. The highest BCUT2D eigenvalue weighted by molar-refractivity contribution is 5.87. The van der Waals surface area contributed by atoms with Crippen molar-refractivity contribution in [2.45, 2.75) is 6.92 Å². The number of hydrogen-bond donors (Lipinski definition) is 3. The highest BCUT2D eigenvalue weighted by atomic mass is 16.5. The predicted octanol–water partition coefficient (Wildman–Crippen LogP) is 1.63. The summed E-state index contributed by atoms with van der Waals surface area (Å²) in [6.45, 7) is 3.27. The largest absolute Gasteiger partial charge is 0.398 e. The number of rotatable bonds is 5. The summed E-state index contributed by atoms with van der Waals surface area (Å²) in [7, 11) is 1.66. The monoisotopic (exact) mass is 207 g/mol. The molecular weight excluding hydrogens is 190 g/mol. The summed E-state index contributed by atoms with van der Waals surface area (Å²) in [5, 5.41) is 10.5. The summed E-state index contributed by atoms with van der Waals surface area (Å²) in [6, 6.07) is 3.75. The summed E-state index contributed by atoms with van der Waals surface area (Å²) in [5.74, 6) is 0. The first kappa shape index (κ1) is 11.5. The molecule has 1 aromatic rings. The van der Waals surface area contributed by atoms with Gasteiger partial charge in [0.25, 0.3) is 0 Å². The molecule has 0 bridgehead atoms. The Morgan fingerprint density at radius 3 is 2.87 bits per heavy atom. The Bertz CT molecular complexity index is 350. The Morgan fingerprint density at radius 1 is 1.53 bits per heavy atom. The zero-order chi connectivity index (χ0) is 11.3. The van der Waals surface area contributed by atoms with Crippen LogP contribution in [0.2, 0.25) is 0 Å². The van der Waals surface area contributed by atoms with E-state index in [-0.39, 0.29) is 0 Å². The van der Waals surface area contributed by atoms with Gasteiger partial charge in [-0.3, -0.25) is 0 Å². The Labute approximate surface area is 89.9 Å². The molecule has 82 valence electrons. The van der Waals surface area contributed by atoms with Crippen molar-refractivity contribution in [3.05, 3.63) is 23.3 Å². The molecule has 0 saturated carbocycles. The van der Waals surface area contributed by atoms with Crippen molar-refractivity contribution in [3.8, 4) is 0 Å². The van der Waals surface area contributed by atoms with Gasteiger partial charge in [0.1, 0.15) is 0 Å². The van der Waals surface area contributed by atoms with Crippen LogP contribution < -0.4 is 11.1 Å². The normalized spacial score (nSPS) is 10.0. The smallest absolute Gasteiger partial charge is 0.0635 e. The third-order valence-corrected chi connectivity index (χ3v) is 2.22. The second kappa shape index (κ2) is 5.36. The number of nitrogens with two attached hydrogens (primary N) is 1. The lowest BCUT2D eigenvalue weighted by atomic mass is 10.1. The van der Waals surface area contributed by atoms with Gasteiger partial charge in [0.05, 0.1) is 6.61 Å². The fourth-order valence-corrected chi connectivity index (χ4v) is 1.31. The number of methoxy groups -OCH3 is 1. The number of nitrogen functional groups attached to an aromatic ring is 1. The quantitative estimate of drug-likeness (QED) is 0.390. The maximum atomic E-state index is 7.29. The van der Waals surface area contributed by atoms with Crippen LogP contribution in [0.1, 0.15) is 11.1 Å². The molecule has 15 heavy (non-hydrogen) atoms. The van der Waals surface area contributed by atoms with Gasteiger partial charge in [-0.25, -0.2) is 0 Å². The standard InChI is InChI=1S/C11H17N3O/c1-8-5-9(7-12)11(6-10(8)13)14-3-4-15-2/h5-7,12,14H,3-4,13H2,1-2H3. The number of anilines is 2. The average Bonchev–Trinajstić information content (AvgIpc) is 2.23. The van der Waals surface area contributed by atoms with E-state index in [1.807, 2.05) is 19.1 Å². The average molecular weight is 207 g/mol.